The molecule has 2 aliphatic rings. The highest BCUT2D eigenvalue weighted by Crippen LogP contribution is 2.34. The van der Waals surface area contributed by atoms with Crippen LogP contribution in [0.4, 0.5) is 0 Å². The van der Waals surface area contributed by atoms with E-state index in [2.05, 4.69) is 35.8 Å². The number of nitrogens with zero attached hydrogens (tertiary/aromatic N) is 1. The van der Waals surface area contributed by atoms with Gasteiger partial charge in [-0.2, -0.15) is 11.8 Å². The van der Waals surface area contributed by atoms with E-state index in [9.17, 15) is 4.79 Å². The summed E-state index contributed by atoms with van der Waals surface area (Å²) in [7, 11) is 0. The Labute approximate surface area is 109 Å². The van der Waals surface area contributed by atoms with E-state index in [-0.39, 0.29) is 0 Å². The predicted octanol–water partition coefficient (Wildman–Crippen LogP) is 2.22. The number of carbonyl (C=O) groups is 1. The van der Waals surface area contributed by atoms with E-state index < -0.39 is 0 Å². The molecule has 1 aliphatic heterocycles. The van der Waals surface area contributed by atoms with Crippen LogP contribution in [0.1, 0.15) is 46.0 Å². The van der Waals surface area contributed by atoms with Crippen LogP contribution in [0.25, 0.3) is 0 Å². The minimum atomic E-state index is 0.308. The van der Waals surface area contributed by atoms with Gasteiger partial charge < -0.3 is 4.90 Å². The Bertz CT molecular complexity index is 272. The molecule has 2 rings (SSSR count). The number of amides is 1. The fraction of sp³-hybridized carbons (Fsp3) is 0.923. The first kappa shape index (κ1) is 13.2. The lowest BCUT2D eigenvalue weighted by atomic mass is 10.1. The van der Waals surface area contributed by atoms with Crippen LogP contribution in [0.5, 0.6) is 0 Å². The Morgan fingerprint density at radius 2 is 2.24 bits per heavy atom. The molecule has 1 heterocycles. The number of carbonyl (C=O) groups excluding carboxylic acids is 1. The number of nitrogens with one attached hydrogen (secondary N) is 1. The molecule has 1 amide bonds. The molecule has 0 aromatic heterocycles. The second-order valence-electron chi connectivity index (χ2n) is 5.03. The molecular formula is C13H24N2OS. The summed E-state index contributed by atoms with van der Waals surface area (Å²) in [5, 5.41) is 4.13. The third-order valence-electron chi connectivity index (χ3n) is 3.83. The van der Waals surface area contributed by atoms with Gasteiger partial charge in [0.15, 0.2) is 0 Å². The zero-order valence-electron chi connectivity index (χ0n) is 10.9. The molecule has 1 aliphatic carbocycles. The average Bonchev–Trinajstić information content (AvgIpc) is 2.87. The summed E-state index contributed by atoms with van der Waals surface area (Å²) in [5.74, 6) is 1.51. The van der Waals surface area contributed by atoms with E-state index in [1.165, 1.54) is 25.0 Å². The minimum Gasteiger partial charge on any atom is -0.323 e. The van der Waals surface area contributed by atoms with E-state index in [4.69, 9.17) is 0 Å². The van der Waals surface area contributed by atoms with Crippen molar-refractivity contribution in [1.29, 1.82) is 0 Å². The normalized spacial score (nSPS) is 33.6. The van der Waals surface area contributed by atoms with Gasteiger partial charge in [-0.25, -0.2) is 0 Å². The van der Waals surface area contributed by atoms with Gasteiger partial charge in [-0.15, -0.1) is 0 Å². The predicted molar refractivity (Wildman–Crippen MR) is 73.1 cm³/mol. The lowest BCUT2D eigenvalue weighted by Crippen LogP contribution is -2.43. The minimum absolute atomic E-state index is 0.308. The highest BCUT2D eigenvalue weighted by Gasteiger charge is 2.38. The Morgan fingerprint density at radius 1 is 1.41 bits per heavy atom. The second-order valence-corrected chi connectivity index (χ2v) is 6.61. The van der Waals surface area contributed by atoms with Crippen LogP contribution in [0.15, 0.2) is 0 Å². The van der Waals surface area contributed by atoms with Gasteiger partial charge >= 0.3 is 0 Å². The van der Waals surface area contributed by atoms with Gasteiger partial charge in [-0.05, 0) is 31.4 Å². The maximum absolute atomic E-state index is 12.0. The smallest absolute Gasteiger partial charge is 0.238 e. The highest BCUT2D eigenvalue weighted by molar-refractivity contribution is 7.99. The summed E-state index contributed by atoms with van der Waals surface area (Å²) in [6, 6.07) is 0.498. The van der Waals surface area contributed by atoms with Crippen molar-refractivity contribution >= 4 is 17.7 Å². The summed E-state index contributed by atoms with van der Waals surface area (Å²) >= 11 is 2.06. The zero-order valence-corrected chi connectivity index (χ0v) is 11.8. The zero-order chi connectivity index (χ0) is 12.3. The molecule has 4 heteroatoms. The maximum atomic E-state index is 12.0. The van der Waals surface area contributed by atoms with E-state index in [1.807, 2.05) is 0 Å². The quantitative estimate of drug-likeness (QED) is 0.818. The number of rotatable bonds is 5. The first-order valence-electron chi connectivity index (χ1n) is 6.92. The van der Waals surface area contributed by atoms with Crippen molar-refractivity contribution in [1.82, 2.24) is 10.2 Å². The summed E-state index contributed by atoms with van der Waals surface area (Å²) in [5.41, 5.74) is 0. The monoisotopic (exact) mass is 256 g/mol. The van der Waals surface area contributed by atoms with Gasteiger partial charge in [0.05, 0.1) is 12.7 Å². The van der Waals surface area contributed by atoms with E-state index in [0.717, 1.165) is 18.1 Å². The SMILES string of the molecule is CCCC1NCC(=O)N1C1CCC(SCC)C1. The third-order valence-corrected chi connectivity index (χ3v) is 5.06. The highest BCUT2D eigenvalue weighted by atomic mass is 32.2. The van der Waals surface area contributed by atoms with Crippen molar-refractivity contribution in [2.75, 3.05) is 12.3 Å². The molecule has 17 heavy (non-hydrogen) atoms. The van der Waals surface area contributed by atoms with E-state index in [1.54, 1.807) is 0 Å². The van der Waals surface area contributed by atoms with Crippen LogP contribution >= 0.6 is 11.8 Å². The van der Waals surface area contributed by atoms with Crippen molar-refractivity contribution in [2.24, 2.45) is 0 Å². The Morgan fingerprint density at radius 3 is 2.94 bits per heavy atom. The molecule has 3 atom stereocenters. The number of thioether (sulfide) groups is 1. The molecule has 98 valence electrons. The number of hydrogen-bond acceptors (Lipinski definition) is 3. The van der Waals surface area contributed by atoms with E-state index >= 15 is 0 Å². The lowest BCUT2D eigenvalue weighted by molar-refractivity contribution is -0.130. The standard InChI is InChI=1S/C13H24N2OS/c1-3-5-12-14-9-13(16)15(12)10-6-7-11(8-10)17-4-2/h10-12,14H,3-9H2,1-2H3. The van der Waals surface area contributed by atoms with Crippen LogP contribution in [0.3, 0.4) is 0 Å². The molecule has 1 saturated heterocycles. The van der Waals surface area contributed by atoms with Crippen LogP contribution < -0.4 is 5.32 Å². The van der Waals surface area contributed by atoms with Crippen LogP contribution in [-0.4, -0.2) is 40.6 Å². The largest absolute Gasteiger partial charge is 0.323 e. The van der Waals surface area contributed by atoms with Gasteiger partial charge in [0.2, 0.25) is 5.91 Å². The van der Waals surface area contributed by atoms with Gasteiger partial charge in [-0.1, -0.05) is 20.3 Å². The molecule has 2 fully saturated rings. The van der Waals surface area contributed by atoms with E-state index in [0.29, 0.717) is 24.7 Å². The van der Waals surface area contributed by atoms with Crippen molar-refractivity contribution in [3.8, 4) is 0 Å². The van der Waals surface area contributed by atoms with Crippen LogP contribution in [0.2, 0.25) is 0 Å². The summed E-state index contributed by atoms with van der Waals surface area (Å²) in [6.07, 6.45) is 6.22. The Balaban J connectivity index is 1.93. The molecule has 0 aromatic carbocycles. The summed E-state index contributed by atoms with van der Waals surface area (Å²) in [6.45, 7) is 4.96. The van der Waals surface area contributed by atoms with Crippen molar-refractivity contribution in [3.63, 3.8) is 0 Å². The van der Waals surface area contributed by atoms with Crippen LogP contribution in [-0.2, 0) is 4.79 Å². The summed E-state index contributed by atoms with van der Waals surface area (Å²) < 4.78 is 0. The van der Waals surface area contributed by atoms with Crippen molar-refractivity contribution in [2.45, 2.75) is 63.4 Å². The molecule has 0 aromatic rings. The Kier molecular flexibility index (Phi) is 4.74. The topological polar surface area (TPSA) is 32.3 Å². The molecule has 0 radical (unpaired) electrons. The lowest BCUT2D eigenvalue weighted by Gasteiger charge is -2.30. The molecule has 3 unspecified atom stereocenters. The van der Waals surface area contributed by atoms with Gasteiger partial charge in [0.25, 0.3) is 0 Å². The van der Waals surface area contributed by atoms with Crippen molar-refractivity contribution < 1.29 is 4.79 Å². The average molecular weight is 256 g/mol. The molecule has 1 saturated carbocycles. The molecule has 0 bridgehead atoms. The Hall–Kier alpha value is -0.220. The second kappa shape index (κ2) is 6.10. The van der Waals surface area contributed by atoms with Gasteiger partial charge in [0, 0.05) is 11.3 Å². The maximum Gasteiger partial charge on any atom is 0.238 e. The number of hydrogen-bond donors (Lipinski definition) is 1. The van der Waals surface area contributed by atoms with Gasteiger partial charge in [-0.3, -0.25) is 10.1 Å². The van der Waals surface area contributed by atoms with Crippen molar-refractivity contribution in [3.05, 3.63) is 0 Å². The molecule has 1 N–H and O–H groups in total. The third kappa shape index (κ3) is 2.97. The first-order chi connectivity index (χ1) is 8.26. The van der Waals surface area contributed by atoms with Gasteiger partial charge in [0.1, 0.15) is 0 Å². The first-order valence-corrected chi connectivity index (χ1v) is 7.97. The fourth-order valence-corrected chi connectivity index (χ4v) is 4.23. The van der Waals surface area contributed by atoms with Crippen LogP contribution in [0, 0.1) is 0 Å². The molecule has 3 nitrogen and oxygen atoms in total. The summed E-state index contributed by atoms with van der Waals surface area (Å²) in [4.78, 5) is 14.1. The molecule has 0 spiro atoms. The molecular weight excluding hydrogens is 232 g/mol. The fourth-order valence-electron chi connectivity index (χ4n) is 3.10.